The summed E-state index contributed by atoms with van der Waals surface area (Å²) in [6.45, 7) is 6.50. The highest BCUT2D eigenvalue weighted by atomic mass is 16.5. The summed E-state index contributed by atoms with van der Waals surface area (Å²) in [6.07, 6.45) is 4.52. The number of fused-ring (bicyclic) bond motifs is 1. The van der Waals surface area contributed by atoms with E-state index in [2.05, 4.69) is 60.1 Å². The molecule has 5 nitrogen and oxygen atoms in total. The number of benzene rings is 2. The number of para-hydroxylation sites is 2. The van der Waals surface area contributed by atoms with Crippen LogP contribution in [0.4, 0.5) is 0 Å². The highest BCUT2D eigenvalue weighted by Crippen LogP contribution is 2.19. The van der Waals surface area contributed by atoms with Crippen LogP contribution in [0.1, 0.15) is 36.2 Å². The molecule has 2 aromatic carbocycles. The summed E-state index contributed by atoms with van der Waals surface area (Å²) in [4.78, 5) is 15.2. The average Bonchev–Trinajstić information content (AvgIpc) is 3.02. The van der Waals surface area contributed by atoms with E-state index in [1.807, 2.05) is 6.07 Å². The van der Waals surface area contributed by atoms with Crippen molar-refractivity contribution in [1.29, 1.82) is 0 Å². The molecule has 0 radical (unpaired) electrons. The first-order chi connectivity index (χ1) is 13.7. The Morgan fingerprint density at radius 3 is 2.64 bits per heavy atom. The zero-order valence-electron chi connectivity index (χ0n) is 16.8. The van der Waals surface area contributed by atoms with Gasteiger partial charge in [-0.15, -0.1) is 0 Å². The second-order valence-corrected chi connectivity index (χ2v) is 7.22. The van der Waals surface area contributed by atoms with Gasteiger partial charge in [0.1, 0.15) is 11.6 Å². The zero-order chi connectivity index (χ0) is 19.8. The van der Waals surface area contributed by atoms with Gasteiger partial charge in [0.2, 0.25) is 6.41 Å². The van der Waals surface area contributed by atoms with Crippen LogP contribution in [0.15, 0.2) is 42.5 Å². The number of ether oxygens (including phenoxy) is 1. The van der Waals surface area contributed by atoms with Crippen molar-refractivity contribution in [2.75, 3.05) is 13.2 Å². The van der Waals surface area contributed by atoms with Gasteiger partial charge in [-0.3, -0.25) is 4.79 Å². The Kier molecular flexibility index (Phi) is 7.06. The number of nitrogens with zero attached hydrogens (tertiary/aromatic N) is 2. The van der Waals surface area contributed by atoms with Gasteiger partial charge in [0, 0.05) is 19.5 Å². The second kappa shape index (κ2) is 9.93. The molecule has 0 unspecified atom stereocenters. The van der Waals surface area contributed by atoms with Crippen LogP contribution in [-0.2, 0) is 17.8 Å². The van der Waals surface area contributed by atoms with Gasteiger partial charge in [-0.1, -0.05) is 18.2 Å². The summed E-state index contributed by atoms with van der Waals surface area (Å²) in [5.74, 6) is 2.04. The Morgan fingerprint density at radius 1 is 1.07 bits per heavy atom. The number of carbonyl (C=O) groups is 1. The maximum atomic E-state index is 10.4. The first-order valence-corrected chi connectivity index (χ1v) is 9.99. The Balaban J connectivity index is 1.55. The third-order valence-electron chi connectivity index (χ3n) is 4.78. The van der Waals surface area contributed by atoms with Crippen molar-refractivity contribution in [1.82, 2.24) is 14.9 Å². The molecule has 1 amide bonds. The number of hydrogen-bond donors (Lipinski definition) is 1. The average molecular weight is 380 g/mol. The van der Waals surface area contributed by atoms with Gasteiger partial charge in [0.15, 0.2) is 0 Å². The molecule has 1 aromatic heterocycles. The monoisotopic (exact) mass is 379 g/mol. The van der Waals surface area contributed by atoms with Crippen LogP contribution in [0.25, 0.3) is 11.0 Å². The minimum Gasteiger partial charge on any atom is -0.494 e. The molecule has 0 bridgehead atoms. The largest absolute Gasteiger partial charge is 0.494 e. The number of imidazole rings is 1. The lowest BCUT2D eigenvalue weighted by atomic mass is 10.1. The molecule has 5 heteroatoms. The van der Waals surface area contributed by atoms with Crippen molar-refractivity contribution < 1.29 is 9.53 Å². The Bertz CT molecular complexity index is 897. The Labute approximate surface area is 166 Å². The number of hydrogen-bond acceptors (Lipinski definition) is 3. The quantitative estimate of drug-likeness (QED) is 0.401. The molecule has 0 aliphatic carbocycles. The van der Waals surface area contributed by atoms with Crippen LogP contribution in [0.3, 0.4) is 0 Å². The van der Waals surface area contributed by atoms with E-state index in [9.17, 15) is 4.79 Å². The summed E-state index contributed by atoms with van der Waals surface area (Å²) in [5, 5.41) is 2.72. The third kappa shape index (κ3) is 5.35. The smallest absolute Gasteiger partial charge is 0.207 e. The molecule has 148 valence electrons. The van der Waals surface area contributed by atoms with E-state index in [0.29, 0.717) is 13.2 Å². The fourth-order valence-electron chi connectivity index (χ4n) is 3.55. The topological polar surface area (TPSA) is 56.1 Å². The summed E-state index contributed by atoms with van der Waals surface area (Å²) >= 11 is 0. The molecule has 0 saturated heterocycles. The summed E-state index contributed by atoms with van der Waals surface area (Å²) in [7, 11) is 0. The molecular weight excluding hydrogens is 350 g/mol. The van der Waals surface area contributed by atoms with Crippen LogP contribution < -0.4 is 10.1 Å². The van der Waals surface area contributed by atoms with E-state index >= 15 is 0 Å². The van der Waals surface area contributed by atoms with Gasteiger partial charge in [0.05, 0.1) is 17.6 Å². The maximum Gasteiger partial charge on any atom is 0.207 e. The molecular formula is C23H29N3O2. The minimum absolute atomic E-state index is 0.677. The standard InChI is InChI=1S/C23H29N3O2/c1-18-14-19(2)16-20(15-18)28-13-6-5-12-26-22-9-4-3-8-21(22)25-23(26)10-7-11-24-17-27/h3-4,8-9,14-17H,5-7,10-13H2,1-2H3,(H,24,27). The predicted molar refractivity (Wildman–Crippen MR) is 113 cm³/mol. The van der Waals surface area contributed by atoms with E-state index in [-0.39, 0.29) is 0 Å². The first-order valence-electron chi connectivity index (χ1n) is 9.99. The Hall–Kier alpha value is -2.82. The number of aromatic nitrogens is 2. The highest BCUT2D eigenvalue weighted by Gasteiger charge is 2.10. The normalized spacial score (nSPS) is 10.9. The van der Waals surface area contributed by atoms with Gasteiger partial charge < -0.3 is 14.6 Å². The highest BCUT2D eigenvalue weighted by molar-refractivity contribution is 5.75. The van der Waals surface area contributed by atoms with Crippen LogP contribution in [0.2, 0.25) is 0 Å². The summed E-state index contributed by atoms with van der Waals surface area (Å²) in [5.41, 5.74) is 4.67. The number of nitrogens with one attached hydrogen (secondary N) is 1. The van der Waals surface area contributed by atoms with Gasteiger partial charge >= 0.3 is 0 Å². The molecule has 3 rings (SSSR count). The molecule has 28 heavy (non-hydrogen) atoms. The predicted octanol–water partition coefficient (Wildman–Crippen LogP) is 4.19. The van der Waals surface area contributed by atoms with Gasteiger partial charge in [-0.2, -0.15) is 0 Å². The molecule has 0 aliphatic rings. The molecule has 1 heterocycles. The fraction of sp³-hybridized carbons (Fsp3) is 0.391. The SMILES string of the molecule is Cc1cc(C)cc(OCCCCn2c(CCCNC=O)nc3ccccc32)c1. The summed E-state index contributed by atoms with van der Waals surface area (Å²) in [6, 6.07) is 14.6. The Morgan fingerprint density at radius 2 is 1.86 bits per heavy atom. The van der Waals surface area contributed by atoms with E-state index in [0.717, 1.165) is 55.7 Å². The van der Waals surface area contributed by atoms with Gasteiger partial charge in [-0.25, -0.2) is 4.98 Å². The minimum atomic E-state index is 0.677. The van der Waals surface area contributed by atoms with Gasteiger partial charge in [-0.05, 0) is 68.5 Å². The van der Waals surface area contributed by atoms with Crippen LogP contribution in [-0.4, -0.2) is 29.1 Å². The molecule has 3 aromatic rings. The fourth-order valence-corrected chi connectivity index (χ4v) is 3.55. The van der Waals surface area contributed by atoms with Crippen molar-refractivity contribution in [2.24, 2.45) is 0 Å². The maximum absolute atomic E-state index is 10.4. The van der Waals surface area contributed by atoms with Crippen LogP contribution in [0, 0.1) is 13.8 Å². The molecule has 0 saturated carbocycles. The van der Waals surface area contributed by atoms with E-state index < -0.39 is 0 Å². The molecule has 0 fully saturated rings. The first kappa shape index (κ1) is 19.9. The number of aryl methyl sites for hydroxylation is 4. The van der Waals surface area contributed by atoms with Crippen molar-refractivity contribution in [2.45, 2.75) is 46.1 Å². The molecule has 1 N–H and O–H groups in total. The number of carbonyl (C=O) groups excluding carboxylic acids is 1. The lowest BCUT2D eigenvalue weighted by Crippen LogP contribution is -2.14. The van der Waals surface area contributed by atoms with E-state index in [1.54, 1.807) is 0 Å². The van der Waals surface area contributed by atoms with Crippen molar-refractivity contribution in [3.05, 3.63) is 59.4 Å². The van der Waals surface area contributed by atoms with Crippen molar-refractivity contribution >= 4 is 17.4 Å². The number of unbranched alkanes of at least 4 members (excludes halogenated alkanes) is 1. The molecule has 0 atom stereocenters. The lowest BCUT2D eigenvalue weighted by Gasteiger charge is -2.11. The number of rotatable bonds is 11. The molecule has 0 aliphatic heterocycles. The molecule has 0 spiro atoms. The second-order valence-electron chi connectivity index (χ2n) is 7.22. The van der Waals surface area contributed by atoms with Crippen LogP contribution in [0.5, 0.6) is 5.75 Å². The van der Waals surface area contributed by atoms with Gasteiger partial charge in [0.25, 0.3) is 0 Å². The van der Waals surface area contributed by atoms with Crippen LogP contribution >= 0.6 is 0 Å². The third-order valence-corrected chi connectivity index (χ3v) is 4.78. The number of amides is 1. The van der Waals surface area contributed by atoms with E-state index in [4.69, 9.17) is 9.72 Å². The van der Waals surface area contributed by atoms with Crippen molar-refractivity contribution in [3.63, 3.8) is 0 Å². The van der Waals surface area contributed by atoms with E-state index in [1.165, 1.54) is 16.6 Å². The lowest BCUT2D eigenvalue weighted by molar-refractivity contribution is -0.109. The summed E-state index contributed by atoms with van der Waals surface area (Å²) < 4.78 is 8.24. The van der Waals surface area contributed by atoms with Crippen molar-refractivity contribution in [3.8, 4) is 5.75 Å². The zero-order valence-corrected chi connectivity index (χ0v) is 16.8.